The number of hydrogen-bond donors (Lipinski definition) is 4. The summed E-state index contributed by atoms with van der Waals surface area (Å²) in [5.74, 6) is -0.214. The van der Waals surface area contributed by atoms with Crippen LogP contribution in [0.15, 0.2) is 12.4 Å². The molecule has 2 amide bonds. The van der Waals surface area contributed by atoms with Crippen molar-refractivity contribution in [2.75, 3.05) is 20.1 Å². The van der Waals surface area contributed by atoms with E-state index in [2.05, 4.69) is 20.9 Å². The maximum Gasteiger partial charge on any atom is 0.253 e. The molecule has 1 aromatic rings. The van der Waals surface area contributed by atoms with Crippen LogP contribution in [-0.2, 0) is 4.79 Å². The normalized spacial score (nSPS) is 11.9. The van der Waals surface area contributed by atoms with Crippen molar-refractivity contribution in [1.82, 2.24) is 20.9 Å². The molecular formula is C12H20N4O2. The minimum atomic E-state index is -0.229. The molecule has 1 rings (SSSR count). The van der Waals surface area contributed by atoms with Gasteiger partial charge in [0, 0.05) is 25.5 Å². The van der Waals surface area contributed by atoms with E-state index < -0.39 is 0 Å². The molecule has 18 heavy (non-hydrogen) atoms. The lowest BCUT2D eigenvalue weighted by Gasteiger charge is -2.11. The van der Waals surface area contributed by atoms with Crippen LogP contribution in [0.3, 0.4) is 0 Å². The van der Waals surface area contributed by atoms with Crippen molar-refractivity contribution in [3.8, 4) is 0 Å². The number of carbonyl (C=O) groups excluding carboxylic acids is 2. The third-order valence-electron chi connectivity index (χ3n) is 2.73. The van der Waals surface area contributed by atoms with Gasteiger partial charge in [-0.05, 0) is 26.5 Å². The second-order valence-corrected chi connectivity index (χ2v) is 4.11. The van der Waals surface area contributed by atoms with E-state index in [1.807, 2.05) is 6.92 Å². The van der Waals surface area contributed by atoms with Gasteiger partial charge in [0.2, 0.25) is 5.91 Å². The van der Waals surface area contributed by atoms with Crippen molar-refractivity contribution in [3.63, 3.8) is 0 Å². The topological polar surface area (TPSA) is 86.0 Å². The van der Waals surface area contributed by atoms with Gasteiger partial charge in [-0.25, -0.2) is 0 Å². The maximum atomic E-state index is 11.7. The molecule has 0 unspecified atom stereocenters. The van der Waals surface area contributed by atoms with Crippen LogP contribution in [-0.4, -0.2) is 43.0 Å². The minimum absolute atomic E-state index is 0.0791. The fourth-order valence-electron chi connectivity index (χ4n) is 1.43. The van der Waals surface area contributed by atoms with Crippen LogP contribution in [0.2, 0.25) is 0 Å². The molecule has 0 aliphatic rings. The molecule has 1 aromatic heterocycles. The summed E-state index contributed by atoms with van der Waals surface area (Å²) in [6.45, 7) is 4.46. The molecule has 0 aliphatic carbocycles. The minimum Gasteiger partial charge on any atom is -0.367 e. The molecule has 0 radical (unpaired) electrons. The van der Waals surface area contributed by atoms with E-state index in [0.717, 1.165) is 5.56 Å². The standard InChI is InChI=1S/C12H20N4O2/c1-8-6-14-7-10(8)12(18)16-5-4-15-11(17)9(2)13-3/h6-7,9,13-14H,4-5H2,1-3H3,(H,15,17)(H,16,18)/t9-/m0/s1. The van der Waals surface area contributed by atoms with Crippen molar-refractivity contribution in [3.05, 3.63) is 23.5 Å². The van der Waals surface area contributed by atoms with E-state index in [-0.39, 0.29) is 17.9 Å². The van der Waals surface area contributed by atoms with E-state index in [0.29, 0.717) is 18.7 Å². The van der Waals surface area contributed by atoms with Gasteiger partial charge in [-0.3, -0.25) is 9.59 Å². The van der Waals surface area contributed by atoms with Crippen molar-refractivity contribution in [2.24, 2.45) is 0 Å². The van der Waals surface area contributed by atoms with Gasteiger partial charge in [-0.15, -0.1) is 0 Å². The summed E-state index contributed by atoms with van der Waals surface area (Å²) >= 11 is 0. The first-order valence-corrected chi connectivity index (χ1v) is 5.92. The molecular weight excluding hydrogens is 232 g/mol. The number of aromatic amines is 1. The molecule has 6 nitrogen and oxygen atoms in total. The van der Waals surface area contributed by atoms with E-state index in [4.69, 9.17) is 0 Å². The number of H-pyrrole nitrogens is 1. The Hall–Kier alpha value is -1.82. The van der Waals surface area contributed by atoms with Crippen molar-refractivity contribution in [1.29, 1.82) is 0 Å². The molecule has 0 saturated carbocycles. The van der Waals surface area contributed by atoms with Crippen molar-refractivity contribution < 1.29 is 9.59 Å². The number of rotatable bonds is 6. The number of nitrogens with one attached hydrogen (secondary N) is 4. The van der Waals surface area contributed by atoms with Crippen LogP contribution in [0.5, 0.6) is 0 Å². The third-order valence-corrected chi connectivity index (χ3v) is 2.73. The number of aromatic nitrogens is 1. The van der Waals surface area contributed by atoms with Gasteiger partial charge in [0.15, 0.2) is 0 Å². The summed E-state index contributed by atoms with van der Waals surface area (Å²) in [6.07, 6.45) is 3.43. The monoisotopic (exact) mass is 252 g/mol. The zero-order valence-electron chi connectivity index (χ0n) is 11.0. The van der Waals surface area contributed by atoms with E-state index in [1.54, 1.807) is 26.4 Å². The highest BCUT2D eigenvalue weighted by molar-refractivity contribution is 5.95. The summed E-state index contributed by atoms with van der Waals surface area (Å²) in [6, 6.07) is -0.229. The Labute approximate surface area is 107 Å². The smallest absolute Gasteiger partial charge is 0.253 e. The molecule has 1 heterocycles. The first-order valence-electron chi connectivity index (χ1n) is 5.92. The Bertz CT molecular complexity index is 414. The predicted molar refractivity (Wildman–Crippen MR) is 69.4 cm³/mol. The first kappa shape index (κ1) is 14.2. The molecule has 0 spiro atoms. The molecule has 0 fully saturated rings. The molecule has 0 saturated heterocycles. The largest absolute Gasteiger partial charge is 0.367 e. The van der Waals surface area contributed by atoms with Gasteiger partial charge >= 0.3 is 0 Å². The number of likely N-dealkylation sites (N-methyl/N-ethyl adjacent to an activating group) is 1. The van der Waals surface area contributed by atoms with Crippen LogP contribution < -0.4 is 16.0 Å². The Balaban J connectivity index is 2.25. The molecule has 1 atom stereocenters. The van der Waals surface area contributed by atoms with Gasteiger partial charge in [0.25, 0.3) is 5.91 Å². The van der Waals surface area contributed by atoms with E-state index >= 15 is 0 Å². The van der Waals surface area contributed by atoms with Crippen molar-refractivity contribution in [2.45, 2.75) is 19.9 Å². The number of carbonyl (C=O) groups is 2. The fraction of sp³-hybridized carbons (Fsp3) is 0.500. The predicted octanol–water partition coefficient (Wildman–Crippen LogP) is -0.223. The van der Waals surface area contributed by atoms with Crippen LogP contribution in [0.1, 0.15) is 22.8 Å². The highest BCUT2D eigenvalue weighted by Crippen LogP contribution is 2.04. The Morgan fingerprint density at radius 3 is 2.50 bits per heavy atom. The average molecular weight is 252 g/mol. The third kappa shape index (κ3) is 3.89. The summed E-state index contributed by atoms with van der Waals surface area (Å²) in [5, 5.41) is 8.31. The molecule has 0 aromatic carbocycles. The fourth-order valence-corrected chi connectivity index (χ4v) is 1.43. The van der Waals surface area contributed by atoms with Crippen LogP contribution in [0.25, 0.3) is 0 Å². The van der Waals surface area contributed by atoms with Crippen LogP contribution >= 0.6 is 0 Å². The number of hydrogen-bond acceptors (Lipinski definition) is 3. The second kappa shape index (κ2) is 6.80. The zero-order valence-corrected chi connectivity index (χ0v) is 11.0. The summed E-state index contributed by atoms with van der Waals surface area (Å²) in [5.41, 5.74) is 1.53. The van der Waals surface area contributed by atoms with Gasteiger partial charge in [-0.2, -0.15) is 0 Å². The Morgan fingerprint density at radius 1 is 1.28 bits per heavy atom. The highest BCUT2D eigenvalue weighted by atomic mass is 16.2. The lowest BCUT2D eigenvalue weighted by atomic mass is 10.2. The van der Waals surface area contributed by atoms with Gasteiger partial charge < -0.3 is 20.9 Å². The van der Waals surface area contributed by atoms with Crippen LogP contribution in [0, 0.1) is 6.92 Å². The first-order chi connectivity index (χ1) is 8.56. The van der Waals surface area contributed by atoms with Crippen LogP contribution in [0.4, 0.5) is 0 Å². The SMILES string of the molecule is CN[C@@H](C)C(=O)NCCNC(=O)c1c[nH]cc1C. The molecule has 0 aliphatic heterocycles. The average Bonchev–Trinajstić information content (AvgIpc) is 2.79. The van der Waals surface area contributed by atoms with Gasteiger partial charge in [0.1, 0.15) is 0 Å². The van der Waals surface area contributed by atoms with E-state index in [1.165, 1.54) is 0 Å². The maximum absolute atomic E-state index is 11.7. The Kier molecular flexibility index (Phi) is 5.38. The van der Waals surface area contributed by atoms with E-state index in [9.17, 15) is 9.59 Å². The van der Waals surface area contributed by atoms with Gasteiger partial charge in [-0.1, -0.05) is 0 Å². The molecule has 100 valence electrons. The molecule has 4 N–H and O–H groups in total. The molecule has 0 bridgehead atoms. The summed E-state index contributed by atoms with van der Waals surface area (Å²) in [4.78, 5) is 26.0. The quantitative estimate of drug-likeness (QED) is 0.528. The summed E-state index contributed by atoms with van der Waals surface area (Å²) < 4.78 is 0. The lowest BCUT2D eigenvalue weighted by Crippen LogP contribution is -2.43. The number of amides is 2. The van der Waals surface area contributed by atoms with Gasteiger partial charge in [0.05, 0.1) is 11.6 Å². The summed E-state index contributed by atoms with van der Waals surface area (Å²) in [7, 11) is 1.72. The number of aryl methyl sites for hydroxylation is 1. The lowest BCUT2D eigenvalue weighted by molar-refractivity contribution is -0.122. The molecule has 6 heteroatoms. The zero-order chi connectivity index (χ0) is 13.5. The Morgan fingerprint density at radius 2 is 1.94 bits per heavy atom. The van der Waals surface area contributed by atoms with Crippen molar-refractivity contribution >= 4 is 11.8 Å². The highest BCUT2D eigenvalue weighted by Gasteiger charge is 2.10. The second-order valence-electron chi connectivity index (χ2n) is 4.11.